The summed E-state index contributed by atoms with van der Waals surface area (Å²) in [4.78, 5) is 30.5. The average molecular weight is 373 g/mol. The minimum Gasteiger partial charge on any atom is -1.00 e. The van der Waals surface area contributed by atoms with Crippen LogP contribution < -0.4 is 177 Å². The van der Waals surface area contributed by atoms with Crippen LogP contribution in [0.5, 0.6) is 0 Å². The van der Waals surface area contributed by atoms with Crippen LogP contribution in [-0.2, 0) is 14.4 Å². The molecule has 0 aliphatic rings. The Kier molecular flexibility index (Phi) is 64.4. The maximum atomic E-state index is 10.3. The third-order valence-electron chi connectivity index (χ3n) is 1.29. The first-order valence-corrected chi connectivity index (χ1v) is 3.17. The van der Waals surface area contributed by atoms with Gasteiger partial charge in [0.2, 0.25) is 0 Å². The fourth-order valence-electron chi connectivity index (χ4n) is 0.714. The van der Waals surface area contributed by atoms with Crippen LogP contribution in [0.25, 0.3) is 0 Å². The van der Waals surface area contributed by atoms with Crippen LogP contribution in [0.4, 0.5) is 0 Å². The van der Waals surface area contributed by atoms with Crippen molar-refractivity contribution in [1.29, 1.82) is 0 Å². The molecule has 0 fully saturated rings. The molecule has 14 heteroatoms. The summed E-state index contributed by atoms with van der Waals surface area (Å²) in [5.74, 6) is -5.02. The van der Waals surface area contributed by atoms with E-state index in [0.29, 0.717) is 0 Å². The summed E-state index contributed by atoms with van der Waals surface area (Å²) in [5, 5.41) is 33.8. The smallest absolute Gasteiger partial charge is 1.00 e. The van der Waals surface area contributed by atoms with Gasteiger partial charge in [-0.05, 0) is 0 Å². The summed E-state index contributed by atoms with van der Waals surface area (Å²) in [7, 11) is 0. The van der Waals surface area contributed by atoms with Gasteiger partial charge in [-0.15, -0.1) is 12.4 Å². The predicted octanol–water partition coefficient (Wildman–Crippen LogP) is -18.1. The van der Waals surface area contributed by atoms with Crippen LogP contribution in [0.15, 0.2) is 0 Å². The number of carbonyl (C=O) groups is 3. The molecule has 0 aliphatic heterocycles. The maximum absolute atomic E-state index is 10.3. The van der Waals surface area contributed by atoms with Crippen LogP contribution in [0.3, 0.4) is 0 Å². The number of carboxylic acid groups (broad SMARTS) is 3. The maximum Gasteiger partial charge on any atom is 1.00 e. The summed E-state index contributed by atoms with van der Waals surface area (Å²) in [5.41, 5.74) is -2.74. The molecular weight excluding hydrogens is 357 g/mol. The zero-order valence-electron chi connectivity index (χ0n) is 18.8. The van der Waals surface area contributed by atoms with E-state index in [1.807, 2.05) is 0 Å². The van der Waals surface area contributed by atoms with Gasteiger partial charge < -0.3 is 29.0 Å². The van der Waals surface area contributed by atoms with Crippen molar-refractivity contribution in [3.63, 3.8) is 0 Å². The second-order valence-corrected chi connectivity index (χ2v) is 2.48. The van der Waals surface area contributed by atoms with Crippen molar-refractivity contribution >= 4 is 30.3 Å². The largest absolute Gasteiger partial charge is 1.00 e. The monoisotopic (exact) mass is 372 g/mol. The number of hydrogen-bond acceptors (Lipinski definition) is 4. The molecule has 0 bridgehead atoms. The summed E-state index contributed by atoms with van der Waals surface area (Å²) in [6.07, 6.45) is -2.29. The normalized spacial score (nSPS) is 7.05. The van der Waals surface area contributed by atoms with Gasteiger partial charge >= 0.3 is 195 Å². The van der Waals surface area contributed by atoms with E-state index < -0.39 is 36.4 Å². The van der Waals surface area contributed by atoms with Crippen LogP contribution in [0.2, 0.25) is 0 Å². The molecule has 0 spiro atoms. The fraction of sp³-hybridized carbons (Fsp3) is 0.500. The van der Waals surface area contributed by atoms with Crippen molar-refractivity contribution in [3.8, 4) is 0 Å². The fourth-order valence-corrected chi connectivity index (χ4v) is 0.714. The number of aliphatic carboxylic acids is 3. The molecule has 0 rings (SSSR count). The molecule has 20 heavy (non-hydrogen) atoms. The minimum atomic E-state index is -2.74. The Morgan fingerprint density at radius 3 is 1.05 bits per heavy atom. The molecule has 0 saturated carbocycles. The van der Waals surface area contributed by atoms with Crippen molar-refractivity contribution in [3.05, 3.63) is 0 Å². The van der Waals surface area contributed by atoms with Gasteiger partial charge in [0.15, 0.2) is 5.60 Å². The Balaban J connectivity index is -0.00000000923. The van der Waals surface area contributed by atoms with Crippen LogP contribution >= 0.6 is 12.4 Å². The van der Waals surface area contributed by atoms with Crippen LogP contribution in [0, 0.1) is 0 Å². The van der Waals surface area contributed by atoms with Gasteiger partial charge in [-0.3, -0.25) is 9.59 Å². The van der Waals surface area contributed by atoms with E-state index >= 15 is 0 Å². The molecule has 0 aromatic carbocycles. The quantitative estimate of drug-likeness (QED) is 0.352. The van der Waals surface area contributed by atoms with Gasteiger partial charge in [0, 0.05) is 0 Å². The number of aliphatic hydroxyl groups is 1. The number of carboxylic acids is 3. The van der Waals surface area contributed by atoms with Gasteiger partial charge in [0.05, 0.1) is 12.8 Å². The minimum absolute atomic E-state index is 0. The second kappa shape index (κ2) is 25.9. The molecule has 0 amide bonds. The van der Waals surface area contributed by atoms with Crippen molar-refractivity contribution in [2.45, 2.75) is 18.4 Å². The third-order valence-corrected chi connectivity index (χ3v) is 1.29. The van der Waals surface area contributed by atoms with Gasteiger partial charge in [-0.25, -0.2) is 4.79 Å². The number of hydrogen-bond donors (Lipinski definition) is 4. The molecule has 94 valence electrons. The number of rotatable bonds is 5. The van der Waals surface area contributed by atoms with E-state index in [0.717, 1.165) is 0 Å². The molecule has 4 N–H and O–H groups in total. The Morgan fingerprint density at radius 2 is 0.950 bits per heavy atom. The molecule has 0 aromatic rings. The summed E-state index contributed by atoms with van der Waals surface area (Å²) in [6, 6.07) is 0. The van der Waals surface area contributed by atoms with Crippen LogP contribution in [-0.4, -0.2) is 43.9 Å². The molecule has 0 aliphatic carbocycles. The molecular formula is C6H15ClNa6O7. The average Bonchev–Trinajstić information content (AvgIpc) is 1.82. The van der Waals surface area contributed by atoms with E-state index in [-0.39, 0.29) is 198 Å². The van der Waals surface area contributed by atoms with E-state index in [1.165, 1.54) is 0 Å². The van der Waals surface area contributed by atoms with Crippen molar-refractivity contribution in [2.24, 2.45) is 0 Å². The van der Waals surface area contributed by atoms with Gasteiger partial charge in [-0.2, -0.15) is 0 Å². The summed E-state index contributed by atoms with van der Waals surface area (Å²) >= 11 is 0. The Hall–Kier alpha value is 4.66. The second-order valence-electron chi connectivity index (χ2n) is 2.48. The SMILES string of the molecule is Cl.O=C(O)CC(O)(CC(=O)O)C(=O)O.[H-].[H-].[H-].[H-].[H-].[H-].[Na+].[Na+].[Na+].[Na+].[Na+].[Na+]. The third kappa shape index (κ3) is 24.9. The standard InChI is InChI=1S/C6H8O7.ClH.6Na.6H/c7-3(8)1-6(13,5(11)12)2-4(9)10;;;;;;;;;;;;;/h13H,1-2H2,(H,7,8)(H,9,10)(H,11,12);1H;;;;;;;;;;;;/q;;6*+1;6*-1. The van der Waals surface area contributed by atoms with E-state index in [4.69, 9.17) is 20.4 Å². The van der Waals surface area contributed by atoms with E-state index in [9.17, 15) is 14.4 Å². The van der Waals surface area contributed by atoms with Gasteiger partial charge in [-0.1, -0.05) is 0 Å². The van der Waals surface area contributed by atoms with Crippen molar-refractivity contribution in [2.75, 3.05) is 0 Å². The first-order chi connectivity index (χ1) is 5.78. The van der Waals surface area contributed by atoms with Gasteiger partial charge in [0.25, 0.3) is 0 Å². The molecule has 0 heterocycles. The predicted molar refractivity (Wildman–Crippen MR) is 51.0 cm³/mol. The molecule has 0 unspecified atom stereocenters. The topological polar surface area (TPSA) is 132 Å². The van der Waals surface area contributed by atoms with Crippen LogP contribution in [0.1, 0.15) is 21.4 Å². The van der Waals surface area contributed by atoms with Gasteiger partial charge in [0.1, 0.15) is 0 Å². The van der Waals surface area contributed by atoms with E-state index in [2.05, 4.69) is 0 Å². The Labute approximate surface area is 264 Å². The Morgan fingerprint density at radius 1 is 0.750 bits per heavy atom. The number of halogens is 1. The summed E-state index contributed by atoms with van der Waals surface area (Å²) < 4.78 is 0. The zero-order chi connectivity index (χ0) is 10.6. The zero-order valence-corrected chi connectivity index (χ0v) is 25.7. The molecule has 0 atom stereocenters. The van der Waals surface area contributed by atoms with Crippen molar-refractivity contribution in [1.82, 2.24) is 0 Å². The molecule has 0 saturated heterocycles. The molecule has 0 aromatic heterocycles. The molecule has 0 radical (unpaired) electrons. The van der Waals surface area contributed by atoms with E-state index in [1.54, 1.807) is 0 Å². The Bertz CT molecular complexity index is 270. The molecule has 7 nitrogen and oxygen atoms in total. The summed E-state index contributed by atoms with van der Waals surface area (Å²) in [6.45, 7) is 0. The van der Waals surface area contributed by atoms with Crippen molar-refractivity contribution < 1.29 is 221 Å². The first-order valence-electron chi connectivity index (χ1n) is 3.17. The first kappa shape index (κ1) is 49.7.